The molecule has 11 nitrogen and oxygen atoms in total. The smallest absolute Gasteiger partial charge is 0.335 e. The molecule has 0 atom stereocenters. The van der Waals surface area contributed by atoms with E-state index in [9.17, 15) is 9.59 Å². The lowest BCUT2D eigenvalue weighted by Gasteiger charge is -2.11. The van der Waals surface area contributed by atoms with Crippen molar-refractivity contribution >= 4 is 45.4 Å². The van der Waals surface area contributed by atoms with Crippen LogP contribution in [0.3, 0.4) is 0 Å². The zero-order valence-electron chi connectivity index (χ0n) is 19.8. The molecule has 1 aromatic carbocycles. The summed E-state index contributed by atoms with van der Waals surface area (Å²) in [4.78, 5) is 43.4. The molecule has 0 saturated carbocycles. The Morgan fingerprint density at radius 3 is 2.63 bits per heavy atom. The Morgan fingerprint density at radius 2 is 1.94 bits per heavy atom. The van der Waals surface area contributed by atoms with Crippen molar-refractivity contribution in [1.29, 1.82) is 0 Å². The van der Waals surface area contributed by atoms with Crippen molar-refractivity contribution in [2.45, 2.75) is 19.9 Å². The van der Waals surface area contributed by atoms with E-state index in [0.717, 1.165) is 10.9 Å². The fraction of sp³-hybridized carbons (Fsp3) is 0.208. The van der Waals surface area contributed by atoms with Crippen LogP contribution in [0.1, 0.15) is 30.4 Å². The number of nitrogens with one attached hydrogen (secondary N) is 2. The van der Waals surface area contributed by atoms with E-state index in [1.807, 2.05) is 44.3 Å². The lowest BCUT2D eigenvalue weighted by atomic mass is 10.2. The second-order valence-corrected chi connectivity index (χ2v) is 8.69. The molecular weight excluding hydrogens is 446 g/mol. The molecule has 0 aliphatic carbocycles. The summed E-state index contributed by atoms with van der Waals surface area (Å²) in [5, 5.41) is 4.04. The average Bonchev–Trinajstić information content (AvgIpc) is 3.40. The van der Waals surface area contributed by atoms with E-state index < -0.39 is 0 Å². The molecule has 178 valence electrons. The van der Waals surface area contributed by atoms with Gasteiger partial charge in [-0.1, -0.05) is 0 Å². The van der Waals surface area contributed by atoms with Crippen molar-refractivity contribution in [1.82, 2.24) is 34.0 Å². The predicted molar refractivity (Wildman–Crippen MR) is 135 cm³/mol. The van der Waals surface area contributed by atoms with E-state index in [-0.39, 0.29) is 29.4 Å². The quantitative estimate of drug-likeness (QED) is 0.358. The van der Waals surface area contributed by atoms with E-state index in [1.54, 1.807) is 35.4 Å². The Kier molecular flexibility index (Phi) is 5.24. The molecule has 35 heavy (non-hydrogen) atoms. The van der Waals surface area contributed by atoms with Crippen LogP contribution in [0, 0.1) is 0 Å². The van der Waals surface area contributed by atoms with Crippen molar-refractivity contribution in [2.75, 3.05) is 25.1 Å². The number of imidazole rings is 1. The summed E-state index contributed by atoms with van der Waals surface area (Å²) in [5.74, 6) is 0.185. The Hall–Kier alpha value is -4.67. The fourth-order valence-electron chi connectivity index (χ4n) is 4.03. The maximum absolute atomic E-state index is 13.5. The fourth-order valence-corrected chi connectivity index (χ4v) is 4.03. The zero-order valence-corrected chi connectivity index (χ0v) is 19.8. The van der Waals surface area contributed by atoms with Gasteiger partial charge in [0.1, 0.15) is 11.2 Å². The molecule has 5 aromatic rings. The van der Waals surface area contributed by atoms with E-state index in [2.05, 4.69) is 25.3 Å². The number of nitrogen functional groups attached to an aromatic ring is 1. The number of nitrogens with two attached hydrogens (primary N) is 1. The van der Waals surface area contributed by atoms with Gasteiger partial charge >= 0.3 is 5.69 Å². The number of fused-ring (bicyclic) bond motifs is 2. The molecule has 0 aliphatic heterocycles. The van der Waals surface area contributed by atoms with Crippen LogP contribution in [0.15, 0.2) is 53.6 Å². The molecule has 4 heterocycles. The molecule has 0 aliphatic rings. The van der Waals surface area contributed by atoms with Gasteiger partial charge in [-0.25, -0.2) is 9.78 Å². The van der Waals surface area contributed by atoms with Crippen molar-refractivity contribution in [2.24, 2.45) is 0 Å². The first-order chi connectivity index (χ1) is 16.7. The van der Waals surface area contributed by atoms with Crippen LogP contribution in [-0.4, -0.2) is 54.0 Å². The maximum atomic E-state index is 13.5. The summed E-state index contributed by atoms with van der Waals surface area (Å²) in [6.45, 7) is 3.83. The van der Waals surface area contributed by atoms with Crippen LogP contribution in [0.2, 0.25) is 0 Å². The van der Waals surface area contributed by atoms with Crippen molar-refractivity contribution in [3.8, 4) is 5.69 Å². The topological polar surface area (TPSA) is 140 Å². The largest absolute Gasteiger partial charge is 0.382 e. The molecular formula is C24H25N9O2. The number of aromatic nitrogens is 6. The number of pyridine rings is 1. The van der Waals surface area contributed by atoms with Gasteiger partial charge in [-0.3, -0.25) is 13.9 Å². The molecule has 4 N–H and O–H groups in total. The predicted octanol–water partition coefficient (Wildman–Crippen LogP) is 3.07. The number of hydrogen-bond acceptors (Lipinski definition) is 7. The highest BCUT2D eigenvalue weighted by Crippen LogP contribution is 2.27. The average molecular weight is 472 g/mol. The number of aromatic amines is 1. The van der Waals surface area contributed by atoms with E-state index in [1.165, 1.54) is 11.1 Å². The van der Waals surface area contributed by atoms with Crippen LogP contribution < -0.4 is 16.7 Å². The molecule has 11 heteroatoms. The van der Waals surface area contributed by atoms with E-state index in [4.69, 9.17) is 5.73 Å². The highest BCUT2D eigenvalue weighted by Gasteiger charge is 2.22. The highest BCUT2D eigenvalue weighted by molar-refractivity contribution is 5.92. The number of hydrogen-bond donors (Lipinski definition) is 3. The third-order valence-corrected chi connectivity index (χ3v) is 5.70. The van der Waals surface area contributed by atoms with Crippen molar-refractivity contribution in [3.05, 3.63) is 65.0 Å². The third kappa shape index (κ3) is 3.76. The van der Waals surface area contributed by atoms with Crippen molar-refractivity contribution < 1.29 is 4.79 Å². The number of nitrogens with zero attached hydrogens (tertiary/aromatic N) is 6. The Morgan fingerprint density at radius 1 is 1.14 bits per heavy atom. The van der Waals surface area contributed by atoms with Gasteiger partial charge in [0.25, 0.3) is 5.91 Å². The molecule has 1 amide bonds. The molecule has 5 rings (SSSR count). The van der Waals surface area contributed by atoms with Crippen LogP contribution in [0.5, 0.6) is 0 Å². The summed E-state index contributed by atoms with van der Waals surface area (Å²) in [7, 11) is 3.33. The first-order valence-corrected chi connectivity index (χ1v) is 11.1. The lowest BCUT2D eigenvalue weighted by molar-refractivity contribution is 0.0822. The number of carbonyl (C=O) groups is 1. The minimum Gasteiger partial charge on any atom is -0.382 e. The SMILES string of the molecule is CC(C)n1c(=O)n(-c2ccc3[nH]ccc3c2)c2c(N)nc(Nc3ccc(C(=O)N(C)C)nc3)nc21. The molecule has 0 fully saturated rings. The standard InChI is InChI=1S/C24H25N9O2/c1-13(2)32-21-19(33(24(32)35)16-6-8-17-14(11-16)9-10-26-17)20(25)29-23(30-21)28-15-5-7-18(27-12-15)22(34)31(3)4/h5-13,26H,1-4H3,(H3,25,28,29,30). The number of carbonyl (C=O) groups excluding carboxylic acids is 1. The summed E-state index contributed by atoms with van der Waals surface area (Å²) in [6.07, 6.45) is 3.37. The monoisotopic (exact) mass is 471 g/mol. The van der Waals surface area contributed by atoms with Gasteiger partial charge in [-0.15, -0.1) is 0 Å². The summed E-state index contributed by atoms with van der Waals surface area (Å²) in [5.41, 5.74) is 9.53. The number of anilines is 3. The Bertz CT molecular complexity index is 1630. The van der Waals surface area contributed by atoms with E-state index in [0.29, 0.717) is 28.2 Å². The maximum Gasteiger partial charge on any atom is 0.335 e. The van der Waals surface area contributed by atoms with Crippen LogP contribution in [0.4, 0.5) is 17.5 Å². The Balaban J connectivity index is 1.61. The van der Waals surface area contributed by atoms with Gasteiger partial charge in [0.2, 0.25) is 5.95 Å². The van der Waals surface area contributed by atoms with Gasteiger partial charge in [0.15, 0.2) is 11.5 Å². The summed E-state index contributed by atoms with van der Waals surface area (Å²) < 4.78 is 3.14. The van der Waals surface area contributed by atoms with Crippen LogP contribution in [0.25, 0.3) is 27.8 Å². The number of H-pyrrole nitrogens is 1. The van der Waals surface area contributed by atoms with E-state index >= 15 is 0 Å². The normalized spacial score (nSPS) is 11.5. The van der Waals surface area contributed by atoms with Gasteiger partial charge in [-0.2, -0.15) is 9.97 Å². The molecule has 0 saturated heterocycles. The number of benzene rings is 1. The third-order valence-electron chi connectivity index (χ3n) is 5.70. The first-order valence-electron chi connectivity index (χ1n) is 11.1. The minimum atomic E-state index is -0.253. The van der Waals surface area contributed by atoms with Crippen LogP contribution >= 0.6 is 0 Å². The second-order valence-electron chi connectivity index (χ2n) is 8.69. The lowest BCUT2D eigenvalue weighted by Crippen LogP contribution is -2.24. The zero-order chi connectivity index (χ0) is 24.9. The molecule has 0 spiro atoms. The molecule has 4 aromatic heterocycles. The highest BCUT2D eigenvalue weighted by atomic mass is 16.2. The summed E-state index contributed by atoms with van der Waals surface area (Å²) in [6, 6.07) is 10.8. The second kappa shape index (κ2) is 8.28. The van der Waals surface area contributed by atoms with Gasteiger partial charge in [0, 0.05) is 37.2 Å². The minimum absolute atomic E-state index is 0.163. The number of amides is 1. The van der Waals surface area contributed by atoms with Gasteiger partial charge in [-0.05, 0) is 50.2 Å². The van der Waals surface area contributed by atoms with Crippen molar-refractivity contribution in [3.63, 3.8) is 0 Å². The first kappa shape index (κ1) is 22.1. The van der Waals surface area contributed by atoms with Gasteiger partial charge in [0.05, 0.1) is 17.6 Å². The summed E-state index contributed by atoms with van der Waals surface area (Å²) >= 11 is 0. The number of rotatable bonds is 5. The van der Waals surface area contributed by atoms with Gasteiger partial charge < -0.3 is 20.9 Å². The molecule has 0 radical (unpaired) electrons. The Labute approximate surface area is 200 Å². The molecule has 0 unspecified atom stereocenters. The van der Waals surface area contributed by atoms with Crippen LogP contribution in [-0.2, 0) is 0 Å². The molecule has 0 bridgehead atoms.